The third-order valence-corrected chi connectivity index (χ3v) is 5.70. The molecular weight excluding hydrogens is 366 g/mol. The fourth-order valence-electron chi connectivity index (χ4n) is 2.67. The Kier molecular flexibility index (Phi) is 8.14. The average Bonchev–Trinajstić information content (AvgIpc) is 2.56. The van der Waals surface area contributed by atoms with Crippen LogP contribution in [0.25, 0.3) is 0 Å². The summed E-state index contributed by atoms with van der Waals surface area (Å²) in [5.74, 6) is -0.0420. The van der Waals surface area contributed by atoms with Crippen molar-refractivity contribution in [2.45, 2.75) is 26.2 Å². The second kappa shape index (κ2) is 9.38. The summed E-state index contributed by atoms with van der Waals surface area (Å²) in [5, 5.41) is 2.87. The lowest BCUT2D eigenvalue weighted by Crippen LogP contribution is -2.46. The Balaban J connectivity index is 0.00000312. The van der Waals surface area contributed by atoms with E-state index in [2.05, 4.69) is 10.0 Å². The molecule has 1 saturated heterocycles. The van der Waals surface area contributed by atoms with Crippen LogP contribution >= 0.6 is 12.4 Å². The first-order valence-electron chi connectivity index (χ1n) is 8.10. The SMILES string of the molecule is CCCS(=O)(=O)Nc1ccc(NC(=O)C2(CN)CCOCC2)cc1.Cl. The first-order chi connectivity index (χ1) is 11.4. The Bertz CT molecular complexity index is 658. The minimum absolute atomic E-state index is 0. The van der Waals surface area contributed by atoms with Crippen LogP contribution in [-0.4, -0.2) is 39.8 Å². The van der Waals surface area contributed by atoms with Crippen LogP contribution in [0.3, 0.4) is 0 Å². The molecule has 2 rings (SSSR count). The summed E-state index contributed by atoms with van der Waals surface area (Å²) in [6, 6.07) is 6.60. The summed E-state index contributed by atoms with van der Waals surface area (Å²) >= 11 is 0. The van der Waals surface area contributed by atoms with Crippen molar-refractivity contribution < 1.29 is 17.9 Å². The average molecular weight is 392 g/mol. The largest absolute Gasteiger partial charge is 0.381 e. The molecule has 0 unspecified atom stereocenters. The van der Waals surface area contributed by atoms with E-state index in [1.54, 1.807) is 31.2 Å². The van der Waals surface area contributed by atoms with E-state index >= 15 is 0 Å². The van der Waals surface area contributed by atoms with Crippen LogP contribution in [0.5, 0.6) is 0 Å². The van der Waals surface area contributed by atoms with Crippen LogP contribution in [0.4, 0.5) is 11.4 Å². The van der Waals surface area contributed by atoms with Gasteiger partial charge in [-0.05, 0) is 43.5 Å². The highest BCUT2D eigenvalue weighted by Gasteiger charge is 2.38. The van der Waals surface area contributed by atoms with Crippen LogP contribution in [0.1, 0.15) is 26.2 Å². The van der Waals surface area contributed by atoms with Crippen molar-refractivity contribution in [3.8, 4) is 0 Å². The van der Waals surface area contributed by atoms with Gasteiger partial charge in [-0.3, -0.25) is 9.52 Å². The second-order valence-corrected chi connectivity index (χ2v) is 7.89. The molecule has 0 spiro atoms. The fourth-order valence-corrected chi connectivity index (χ4v) is 3.81. The number of benzene rings is 1. The van der Waals surface area contributed by atoms with E-state index in [0.29, 0.717) is 43.9 Å². The van der Waals surface area contributed by atoms with E-state index in [4.69, 9.17) is 10.5 Å². The molecular formula is C16H26ClN3O4S. The van der Waals surface area contributed by atoms with Crippen LogP contribution < -0.4 is 15.8 Å². The number of hydrogen-bond donors (Lipinski definition) is 3. The molecule has 1 fully saturated rings. The Hall–Kier alpha value is -1.35. The molecule has 0 atom stereocenters. The van der Waals surface area contributed by atoms with Gasteiger partial charge < -0.3 is 15.8 Å². The van der Waals surface area contributed by atoms with Gasteiger partial charge in [0.2, 0.25) is 15.9 Å². The third-order valence-electron chi connectivity index (χ3n) is 4.21. The van der Waals surface area contributed by atoms with Crippen LogP contribution in [0.2, 0.25) is 0 Å². The highest BCUT2D eigenvalue weighted by Crippen LogP contribution is 2.31. The molecule has 0 radical (unpaired) electrons. The lowest BCUT2D eigenvalue weighted by Gasteiger charge is -2.34. The molecule has 1 heterocycles. The van der Waals surface area contributed by atoms with Gasteiger partial charge in [0.1, 0.15) is 0 Å². The number of halogens is 1. The molecule has 1 aromatic carbocycles. The monoisotopic (exact) mass is 391 g/mol. The summed E-state index contributed by atoms with van der Waals surface area (Å²) in [4.78, 5) is 12.6. The lowest BCUT2D eigenvalue weighted by molar-refractivity contribution is -0.130. The molecule has 0 aromatic heterocycles. The number of hydrogen-bond acceptors (Lipinski definition) is 5. The minimum Gasteiger partial charge on any atom is -0.381 e. The molecule has 0 bridgehead atoms. The van der Waals surface area contributed by atoms with Crippen molar-refractivity contribution in [3.63, 3.8) is 0 Å². The maximum Gasteiger partial charge on any atom is 0.232 e. The van der Waals surface area contributed by atoms with Crippen molar-refractivity contribution >= 4 is 39.7 Å². The maximum absolute atomic E-state index is 12.6. The van der Waals surface area contributed by atoms with Crippen LogP contribution in [0, 0.1) is 5.41 Å². The zero-order valence-corrected chi connectivity index (χ0v) is 15.9. The van der Waals surface area contributed by atoms with Gasteiger partial charge in [0, 0.05) is 31.1 Å². The molecule has 1 aromatic rings. The van der Waals surface area contributed by atoms with Gasteiger partial charge in [-0.25, -0.2) is 8.42 Å². The highest BCUT2D eigenvalue weighted by molar-refractivity contribution is 7.92. The van der Waals surface area contributed by atoms with Crippen molar-refractivity contribution in [1.82, 2.24) is 0 Å². The first kappa shape index (κ1) is 21.7. The molecule has 1 aliphatic heterocycles. The maximum atomic E-state index is 12.6. The number of carbonyl (C=O) groups excluding carboxylic acids is 1. The van der Waals surface area contributed by atoms with Gasteiger partial charge in [-0.15, -0.1) is 12.4 Å². The highest BCUT2D eigenvalue weighted by atomic mass is 35.5. The summed E-state index contributed by atoms with van der Waals surface area (Å²) < 4.78 is 31.3. The van der Waals surface area contributed by atoms with Gasteiger partial charge in [-0.2, -0.15) is 0 Å². The first-order valence-corrected chi connectivity index (χ1v) is 9.76. The smallest absolute Gasteiger partial charge is 0.232 e. The predicted octanol–water partition coefficient (Wildman–Crippen LogP) is 1.95. The second-order valence-electron chi connectivity index (χ2n) is 6.05. The standard InChI is InChI=1S/C16H25N3O4S.ClH/c1-2-11-24(21,22)19-14-5-3-13(4-6-14)18-15(20)16(12-17)7-9-23-10-8-16;/h3-6,19H,2,7-12,17H2,1H3,(H,18,20);1H. The quantitative estimate of drug-likeness (QED) is 0.657. The van der Waals surface area contributed by atoms with E-state index in [1.807, 2.05) is 0 Å². The Morgan fingerprint density at radius 1 is 1.20 bits per heavy atom. The van der Waals surface area contributed by atoms with Crippen LogP contribution in [-0.2, 0) is 19.6 Å². The molecule has 25 heavy (non-hydrogen) atoms. The van der Waals surface area contributed by atoms with Crippen molar-refractivity contribution in [3.05, 3.63) is 24.3 Å². The molecule has 9 heteroatoms. The normalized spacial score (nSPS) is 16.6. The number of nitrogens with one attached hydrogen (secondary N) is 2. The summed E-state index contributed by atoms with van der Waals surface area (Å²) in [6.07, 6.45) is 1.75. The fraction of sp³-hybridized carbons (Fsp3) is 0.562. The number of ether oxygens (including phenoxy) is 1. The van der Waals surface area contributed by atoms with E-state index in [-0.39, 0.29) is 30.6 Å². The molecule has 142 valence electrons. The summed E-state index contributed by atoms with van der Waals surface area (Å²) in [6.45, 7) is 3.14. The van der Waals surface area contributed by atoms with Gasteiger partial charge in [0.15, 0.2) is 0 Å². The number of rotatable bonds is 7. The van der Waals surface area contributed by atoms with Crippen LogP contribution in [0.15, 0.2) is 24.3 Å². The van der Waals surface area contributed by atoms with Gasteiger partial charge in [-0.1, -0.05) is 6.92 Å². The van der Waals surface area contributed by atoms with Crippen molar-refractivity contribution in [2.75, 3.05) is 35.6 Å². The molecule has 7 nitrogen and oxygen atoms in total. The third kappa shape index (κ3) is 5.85. The van der Waals surface area contributed by atoms with Gasteiger partial charge in [0.05, 0.1) is 11.2 Å². The van der Waals surface area contributed by atoms with E-state index in [9.17, 15) is 13.2 Å². The summed E-state index contributed by atoms with van der Waals surface area (Å²) in [5.41, 5.74) is 6.31. The summed E-state index contributed by atoms with van der Waals surface area (Å²) in [7, 11) is -3.32. The Morgan fingerprint density at radius 2 is 1.76 bits per heavy atom. The minimum atomic E-state index is -3.32. The number of nitrogens with two attached hydrogens (primary N) is 1. The lowest BCUT2D eigenvalue weighted by atomic mass is 9.79. The molecule has 0 aliphatic carbocycles. The zero-order valence-electron chi connectivity index (χ0n) is 14.3. The molecule has 1 aliphatic rings. The van der Waals surface area contributed by atoms with Crippen molar-refractivity contribution in [2.24, 2.45) is 11.1 Å². The number of sulfonamides is 1. The number of amides is 1. The number of carbonyl (C=O) groups is 1. The molecule has 4 N–H and O–H groups in total. The molecule has 1 amide bonds. The van der Waals surface area contributed by atoms with Crippen molar-refractivity contribution in [1.29, 1.82) is 0 Å². The Morgan fingerprint density at radius 3 is 2.28 bits per heavy atom. The van der Waals surface area contributed by atoms with E-state index in [0.717, 1.165) is 0 Å². The molecule has 0 saturated carbocycles. The van der Waals surface area contributed by atoms with E-state index in [1.165, 1.54) is 0 Å². The van der Waals surface area contributed by atoms with Gasteiger partial charge >= 0.3 is 0 Å². The zero-order chi connectivity index (χ0) is 17.6. The predicted molar refractivity (Wildman–Crippen MR) is 102 cm³/mol. The topological polar surface area (TPSA) is 111 Å². The Labute approximate surface area is 155 Å². The van der Waals surface area contributed by atoms with E-state index < -0.39 is 15.4 Å². The van der Waals surface area contributed by atoms with Gasteiger partial charge in [0.25, 0.3) is 0 Å². The number of anilines is 2.